The summed E-state index contributed by atoms with van der Waals surface area (Å²) in [7, 11) is -4.24. The number of aryl methyl sites for hydroxylation is 2. The number of anilines is 1. The molecule has 268 valence electrons. The van der Waals surface area contributed by atoms with E-state index in [1.807, 2.05) is 38.1 Å². The molecule has 0 aliphatic heterocycles. The van der Waals surface area contributed by atoms with Gasteiger partial charge in [0.15, 0.2) is 0 Å². The van der Waals surface area contributed by atoms with Crippen LogP contribution in [0.2, 0.25) is 0 Å². The zero-order valence-corrected chi connectivity index (χ0v) is 30.5. The molecule has 14 heteroatoms. The van der Waals surface area contributed by atoms with Crippen molar-refractivity contribution in [2.24, 2.45) is 5.41 Å². The van der Waals surface area contributed by atoms with Gasteiger partial charge in [-0.3, -0.25) is 0 Å². The summed E-state index contributed by atoms with van der Waals surface area (Å²) in [4.78, 5) is 29.6. The molecule has 3 aromatic heterocycles. The average molecular weight is 733 g/mol. The van der Waals surface area contributed by atoms with Crippen LogP contribution in [0.1, 0.15) is 78.9 Å². The first kappa shape index (κ1) is 36.2. The summed E-state index contributed by atoms with van der Waals surface area (Å²) in [6, 6.07) is 14.6. The van der Waals surface area contributed by atoms with Crippen LogP contribution in [0.15, 0.2) is 70.1 Å². The number of aromatic carboxylic acids is 1. The molecule has 0 spiro atoms. The number of aromatic nitrogens is 4. The van der Waals surface area contributed by atoms with Crippen molar-refractivity contribution in [3.63, 3.8) is 0 Å². The van der Waals surface area contributed by atoms with E-state index in [1.165, 1.54) is 18.2 Å². The normalized spacial score (nSPS) is 16.2. The molecular formula is C37H41ClN6O6S. The predicted octanol–water partition coefficient (Wildman–Crippen LogP) is 7.00. The molecule has 2 fully saturated rings. The van der Waals surface area contributed by atoms with Gasteiger partial charge in [-0.15, -0.1) is 12.4 Å². The number of hydrogen-bond acceptors (Lipinski definition) is 10. The van der Waals surface area contributed by atoms with Gasteiger partial charge in [0.25, 0.3) is 10.0 Å². The van der Waals surface area contributed by atoms with Gasteiger partial charge in [0, 0.05) is 35.7 Å². The minimum atomic E-state index is -4.24. The van der Waals surface area contributed by atoms with Gasteiger partial charge in [0.05, 0.1) is 28.0 Å². The highest BCUT2D eigenvalue weighted by Gasteiger charge is 2.42. The van der Waals surface area contributed by atoms with Crippen LogP contribution in [-0.4, -0.2) is 52.1 Å². The van der Waals surface area contributed by atoms with Crippen LogP contribution in [0.3, 0.4) is 0 Å². The molecule has 2 aliphatic rings. The highest BCUT2D eigenvalue weighted by molar-refractivity contribution is 7.92. The molecule has 1 atom stereocenters. The van der Waals surface area contributed by atoms with Crippen molar-refractivity contribution in [1.82, 2.24) is 25.3 Å². The maximum Gasteiger partial charge on any atom is 0.335 e. The van der Waals surface area contributed by atoms with Crippen molar-refractivity contribution in [2.45, 2.75) is 82.7 Å². The number of nitrogens with zero attached hydrogens (tertiary/aromatic N) is 4. The molecule has 5 aromatic rings. The summed E-state index contributed by atoms with van der Waals surface area (Å²) in [6.45, 7) is 9.10. The lowest BCUT2D eigenvalue weighted by atomic mass is 9.99. The Bertz CT molecular complexity index is 2200. The average Bonchev–Trinajstić information content (AvgIpc) is 3.96. The number of halogens is 1. The van der Waals surface area contributed by atoms with Gasteiger partial charge < -0.3 is 19.6 Å². The molecule has 51 heavy (non-hydrogen) atoms. The second-order valence-electron chi connectivity index (χ2n) is 14.2. The number of nitrogens with one attached hydrogen (secondary N) is 2. The van der Waals surface area contributed by atoms with E-state index in [4.69, 9.17) is 14.1 Å². The fourth-order valence-electron chi connectivity index (χ4n) is 6.18. The van der Waals surface area contributed by atoms with Gasteiger partial charge in [-0.25, -0.2) is 32.9 Å². The third-order valence-corrected chi connectivity index (χ3v) is 11.1. The van der Waals surface area contributed by atoms with E-state index in [1.54, 1.807) is 12.3 Å². The lowest BCUT2D eigenvalue weighted by Crippen LogP contribution is -2.36. The summed E-state index contributed by atoms with van der Waals surface area (Å²) in [6.07, 6.45) is 7.08. The Morgan fingerprint density at radius 3 is 2.41 bits per heavy atom. The van der Waals surface area contributed by atoms with E-state index in [9.17, 15) is 18.3 Å². The number of carboxylic acids is 1. The smallest absolute Gasteiger partial charge is 0.335 e. The number of carboxylic acid groups (broad SMARTS) is 1. The fraction of sp³-hybridized carbons (Fsp3) is 0.378. The highest BCUT2D eigenvalue weighted by Crippen LogP contribution is 2.49. The second-order valence-corrected chi connectivity index (χ2v) is 15.9. The quantitative estimate of drug-likeness (QED) is 0.107. The van der Waals surface area contributed by atoms with E-state index in [-0.39, 0.29) is 58.2 Å². The van der Waals surface area contributed by atoms with Gasteiger partial charge in [-0.05, 0) is 80.7 Å². The molecule has 2 saturated carbocycles. The molecule has 2 aromatic carbocycles. The minimum Gasteiger partial charge on any atom is -0.478 e. The second kappa shape index (κ2) is 13.9. The molecular weight excluding hydrogens is 692 g/mol. The molecule has 0 saturated heterocycles. The van der Waals surface area contributed by atoms with Gasteiger partial charge in [-0.1, -0.05) is 38.1 Å². The van der Waals surface area contributed by atoms with Crippen LogP contribution in [0.25, 0.3) is 22.5 Å². The van der Waals surface area contributed by atoms with Crippen molar-refractivity contribution < 1.29 is 27.5 Å². The van der Waals surface area contributed by atoms with E-state index in [0.29, 0.717) is 18.0 Å². The molecule has 2 aliphatic carbocycles. The highest BCUT2D eigenvalue weighted by atomic mass is 35.5. The number of benzene rings is 2. The summed E-state index contributed by atoms with van der Waals surface area (Å²) < 4.78 is 41.6. The van der Waals surface area contributed by atoms with Crippen LogP contribution in [-0.2, 0) is 22.0 Å². The van der Waals surface area contributed by atoms with Gasteiger partial charge in [0.1, 0.15) is 17.9 Å². The Labute approximate surface area is 303 Å². The topological polar surface area (TPSA) is 169 Å². The number of furan rings is 1. The Balaban J connectivity index is 0.00000448. The summed E-state index contributed by atoms with van der Waals surface area (Å²) in [5.74, 6) is -0.294. The first-order valence-electron chi connectivity index (χ1n) is 16.7. The maximum atomic E-state index is 13.4. The molecule has 12 nitrogen and oxygen atoms in total. The number of carbonyl (C=O) groups is 1. The minimum absolute atomic E-state index is 0. The van der Waals surface area contributed by atoms with Crippen molar-refractivity contribution in [1.29, 1.82) is 0 Å². The van der Waals surface area contributed by atoms with Crippen molar-refractivity contribution in [3.8, 4) is 17.1 Å². The maximum absolute atomic E-state index is 13.4. The molecule has 7 rings (SSSR count). The molecule has 3 N–H and O–H groups in total. The number of hydrogen-bond donors (Lipinski definition) is 3. The van der Waals surface area contributed by atoms with E-state index in [2.05, 4.69) is 38.8 Å². The van der Waals surface area contributed by atoms with Gasteiger partial charge in [0.2, 0.25) is 17.5 Å². The van der Waals surface area contributed by atoms with Crippen LogP contribution >= 0.6 is 12.4 Å². The zero-order chi connectivity index (χ0) is 35.3. The molecule has 3 heterocycles. The van der Waals surface area contributed by atoms with Crippen LogP contribution in [0.4, 0.5) is 5.95 Å². The Morgan fingerprint density at radius 2 is 1.73 bits per heavy atom. The first-order chi connectivity index (χ1) is 23.8. The molecule has 0 radical (unpaired) electrons. The van der Waals surface area contributed by atoms with Crippen molar-refractivity contribution in [2.75, 3.05) is 11.3 Å². The monoisotopic (exact) mass is 732 g/mol. The third kappa shape index (κ3) is 8.16. The summed E-state index contributed by atoms with van der Waals surface area (Å²) >= 11 is 0. The van der Waals surface area contributed by atoms with Crippen LogP contribution in [0.5, 0.6) is 5.88 Å². The van der Waals surface area contributed by atoms with Crippen LogP contribution in [0, 0.1) is 19.3 Å². The Morgan fingerprint density at radius 1 is 1.00 bits per heavy atom. The van der Waals surface area contributed by atoms with E-state index >= 15 is 0 Å². The Hall–Kier alpha value is -4.59. The van der Waals surface area contributed by atoms with E-state index in [0.717, 1.165) is 71.8 Å². The number of fused-ring (bicyclic) bond motifs is 1. The number of rotatable bonds is 14. The van der Waals surface area contributed by atoms with Gasteiger partial charge in [-0.2, -0.15) is 4.98 Å². The largest absolute Gasteiger partial charge is 0.478 e. The molecule has 0 bridgehead atoms. The first-order valence-corrected chi connectivity index (χ1v) is 18.2. The SMILES string of the molecule is Cc1cccc(C)c1-c1cc(OC[C@@H](CC2(C)CC2)NCc2cnc3oc(C4(C)CC4)cc3n2)nc(NS(=O)(=O)c2cccc(C(=O)O)c2)n1.Cl. The summed E-state index contributed by atoms with van der Waals surface area (Å²) in [5.41, 5.74) is 5.46. The van der Waals surface area contributed by atoms with Crippen molar-refractivity contribution in [3.05, 3.63) is 88.9 Å². The van der Waals surface area contributed by atoms with E-state index < -0.39 is 16.0 Å². The summed E-state index contributed by atoms with van der Waals surface area (Å²) in [5, 5.41) is 13.0. The van der Waals surface area contributed by atoms with Crippen molar-refractivity contribution >= 4 is 45.6 Å². The standard InChI is InChI=1S/C37H40N6O6S.ClH/c1-22-7-5-8-23(2)32(22)28-17-31(42-35(41-28)43-50(46,47)27-10-6-9-24(15-27)34(44)45)48-21-25(18-36(3)11-12-36)38-19-26-20-39-33-29(40-26)16-30(49-33)37(4)13-14-37;/h5-10,15-17,20,25,38H,11-14,18-19,21H2,1-4H3,(H,44,45)(H,41,42,43);1H/t25-;/m1./s1. The predicted molar refractivity (Wildman–Crippen MR) is 195 cm³/mol. The fourth-order valence-corrected chi connectivity index (χ4v) is 7.17. The number of sulfonamides is 1. The van der Waals surface area contributed by atoms with Crippen LogP contribution < -0.4 is 14.8 Å². The lowest BCUT2D eigenvalue weighted by Gasteiger charge is -2.22. The number of ether oxygens (including phenoxy) is 1. The lowest BCUT2D eigenvalue weighted by molar-refractivity contribution is 0.0696. The molecule has 0 unspecified atom stereocenters. The zero-order valence-electron chi connectivity index (χ0n) is 28.9. The Kier molecular flexibility index (Phi) is 9.83. The molecule has 0 amide bonds. The third-order valence-electron chi connectivity index (χ3n) is 9.79. The van der Waals surface area contributed by atoms with Gasteiger partial charge >= 0.3 is 5.97 Å².